The molecule has 0 aromatic heterocycles. The normalized spacial score (nSPS) is 13.8. The molecule has 214 valence electrons. The molecule has 1 aliphatic rings. The highest BCUT2D eigenvalue weighted by atomic mass is 16.5. The highest BCUT2D eigenvalue weighted by molar-refractivity contribution is 6.10. The number of methoxy groups -OCH3 is 3. The van der Waals surface area contributed by atoms with Crippen molar-refractivity contribution in [1.82, 2.24) is 5.32 Å². The Morgan fingerprint density at radius 1 is 0.829 bits per heavy atom. The zero-order valence-corrected chi connectivity index (χ0v) is 24.5. The number of aryl methyl sites for hydroxylation is 2. The summed E-state index contributed by atoms with van der Waals surface area (Å²) < 4.78 is 16.7. The molecule has 0 spiro atoms. The van der Waals surface area contributed by atoms with Crippen LogP contribution in [0.5, 0.6) is 17.2 Å². The molecule has 41 heavy (non-hydrogen) atoms. The Labute approximate surface area is 242 Å². The molecule has 4 rings (SSSR count). The Balaban J connectivity index is 1.87. The van der Waals surface area contributed by atoms with Gasteiger partial charge in [0, 0.05) is 29.7 Å². The number of rotatable bonds is 8. The fourth-order valence-electron chi connectivity index (χ4n) is 5.11. The average molecular weight is 555 g/mol. The summed E-state index contributed by atoms with van der Waals surface area (Å²) in [6.07, 6.45) is 5.13. The lowest BCUT2D eigenvalue weighted by molar-refractivity contribution is -0.125. The lowest BCUT2D eigenvalue weighted by Gasteiger charge is -2.33. The Morgan fingerprint density at radius 2 is 1.39 bits per heavy atom. The average Bonchev–Trinajstić information content (AvgIpc) is 2.99. The lowest BCUT2D eigenvalue weighted by Crippen LogP contribution is -2.47. The molecule has 0 radical (unpaired) electrons. The second-order valence-corrected chi connectivity index (χ2v) is 10.3. The number of nitrogens with one attached hydrogen (secondary N) is 1. The number of carbonyl (C=O) groups is 2. The molecule has 1 atom stereocenters. The van der Waals surface area contributed by atoms with Crippen molar-refractivity contribution < 1.29 is 23.8 Å². The van der Waals surface area contributed by atoms with E-state index in [0.29, 0.717) is 34.1 Å². The first-order chi connectivity index (χ1) is 19.8. The lowest BCUT2D eigenvalue weighted by atomic mass is 9.94. The molecular weight excluding hydrogens is 516 g/mol. The fraction of sp³-hybridized carbons (Fsp3) is 0.353. The Morgan fingerprint density at radius 3 is 1.93 bits per heavy atom. The molecule has 2 amide bonds. The van der Waals surface area contributed by atoms with Crippen LogP contribution >= 0.6 is 0 Å². The minimum absolute atomic E-state index is 0.0553. The van der Waals surface area contributed by atoms with Crippen LogP contribution in [0, 0.1) is 25.7 Å². The Hall–Kier alpha value is -4.44. The number of nitrogens with zero attached hydrogens (tertiary/aromatic N) is 1. The van der Waals surface area contributed by atoms with Crippen molar-refractivity contribution >= 4 is 17.5 Å². The van der Waals surface area contributed by atoms with Crippen LogP contribution in [-0.2, 0) is 9.59 Å². The van der Waals surface area contributed by atoms with Gasteiger partial charge in [0.1, 0.15) is 6.04 Å². The van der Waals surface area contributed by atoms with Crippen LogP contribution in [0.1, 0.15) is 60.4 Å². The van der Waals surface area contributed by atoms with Crippen LogP contribution in [0.3, 0.4) is 0 Å². The van der Waals surface area contributed by atoms with Crippen LogP contribution in [0.4, 0.5) is 5.69 Å². The molecule has 1 aliphatic carbocycles. The van der Waals surface area contributed by atoms with Crippen LogP contribution < -0.4 is 24.4 Å². The standard InChI is InChI=1S/C34H38N2O5/c1-23-11-15-25(16-12-23)17-20-31(37)36(28-21-29(39-3)33(41-5)30(22-28)40-4)32(26-18-13-24(2)14-19-26)34(38)35-27-9-7-6-8-10-27/h11-16,18-19,21-22,27,32H,6-10H2,1-5H3,(H,35,38). The molecule has 0 heterocycles. The minimum Gasteiger partial charge on any atom is -0.493 e. The highest BCUT2D eigenvalue weighted by Crippen LogP contribution is 2.43. The minimum atomic E-state index is -0.986. The summed E-state index contributed by atoms with van der Waals surface area (Å²) in [5.74, 6) is 6.07. The Kier molecular flexibility index (Phi) is 9.91. The first kappa shape index (κ1) is 29.5. The van der Waals surface area contributed by atoms with Gasteiger partial charge in [0.05, 0.1) is 27.0 Å². The number of ether oxygens (including phenoxy) is 3. The van der Waals surface area contributed by atoms with E-state index >= 15 is 0 Å². The van der Waals surface area contributed by atoms with Crippen molar-refractivity contribution in [3.63, 3.8) is 0 Å². The predicted molar refractivity (Wildman–Crippen MR) is 161 cm³/mol. The van der Waals surface area contributed by atoms with Gasteiger partial charge >= 0.3 is 5.91 Å². The van der Waals surface area contributed by atoms with E-state index in [0.717, 1.165) is 36.8 Å². The smallest absolute Gasteiger partial charge is 0.304 e. The van der Waals surface area contributed by atoms with E-state index in [1.807, 2.05) is 62.4 Å². The van der Waals surface area contributed by atoms with Gasteiger partial charge in [0.2, 0.25) is 11.7 Å². The molecule has 1 fully saturated rings. The molecule has 0 bridgehead atoms. The first-order valence-corrected chi connectivity index (χ1v) is 13.9. The highest BCUT2D eigenvalue weighted by Gasteiger charge is 2.35. The number of anilines is 1. The van der Waals surface area contributed by atoms with Gasteiger partial charge in [-0.15, -0.1) is 0 Å². The fourth-order valence-corrected chi connectivity index (χ4v) is 5.11. The first-order valence-electron chi connectivity index (χ1n) is 13.9. The molecule has 1 N–H and O–H groups in total. The van der Waals surface area contributed by atoms with Gasteiger partial charge in [-0.25, -0.2) is 0 Å². The van der Waals surface area contributed by atoms with E-state index in [2.05, 4.69) is 17.2 Å². The number of carbonyl (C=O) groups excluding carboxylic acids is 2. The van der Waals surface area contributed by atoms with Gasteiger partial charge in [-0.3, -0.25) is 14.5 Å². The van der Waals surface area contributed by atoms with Crippen molar-refractivity contribution in [3.8, 4) is 29.1 Å². The number of benzene rings is 3. The maximum Gasteiger partial charge on any atom is 0.304 e. The quantitative estimate of drug-likeness (QED) is 0.351. The number of amides is 2. The zero-order valence-electron chi connectivity index (χ0n) is 24.5. The third-order valence-corrected chi connectivity index (χ3v) is 7.36. The summed E-state index contributed by atoms with van der Waals surface area (Å²) in [6.45, 7) is 3.97. The van der Waals surface area contributed by atoms with E-state index in [4.69, 9.17) is 14.2 Å². The van der Waals surface area contributed by atoms with Crippen LogP contribution in [0.15, 0.2) is 60.7 Å². The van der Waals surface area contributed by atoms with Crippen molar-refractivity contribution in [2.75, 3.05) is 26.2 Å². The largest absolute Gasteiger partial charge is 0.493 e. The number of hydrogen-bond donors (Lipinski definition) is 1. The maximum atomic E-state index is 14.1. The molecule has 7 heteroatoms. The molecular formula is C34H38N2O5. The van der Waals surface area contributed by atoms with Gasteiger partial charge < -0.3 is 19.5 Å². The molecule has 0 aliphatic heterocycles. The second kappa shape index (κ2) is 13.8. The topological polar surface area (TPSA) is 77.1 Å². The van der Waals surface area contributed by atoms with E-state index in [9.17, 15) is 9.59 Å². The van der Waals surface area contributed by atoms with E-state index in [1.165, 1.54) is 32.7 Å². The number of hydrogen-bond acceptors (Lipinski definition) is 5. The van der Waals surface area contributed by atoms with Crippen LogP contribution in [0.25, 0.3) is 0 Å². The molecule has 3 aromatic carbocycles. The van der Waals surface area contributed by atoms with E-state index in [1.54, 1.807) is 12.1 Å². The molecule has 7 nitrogen and oxygen atoms in total. The predicted octanol–water partition coefficient (Wildman–Crippen LogP) is 5.90. The Bertz CT molecular complexity index is 1390. The van der Waals surface area contributed by atoms with Crippen molar-refractivity contribution in [2.24, 2.45) is 0 Å². The van der Waals surface area contributed by atoms with Gasteiger partial charge in [0.25, 0.3) is 0 Å². The molecule has 1 saturated carbocycles. The maximum absolute atomic E-state index is 14.1. The summed E-state index contributed by atoms with van der Waals surface area (Å²) >= 11 is 0. The van der Waals surface area contributed by atoms with Gasteiger partial charge in [0.15, 0.2) is 11.5 Å². The third-order valence-electron chi connectivity index (χ3n) is 7.36. The van der Waals surface area contributed by atoms with Crippen molar-refractivity contribution in [3.05, 3.63) is 82.9 Å². The van der Waals surface area contributed by atoms with E-state index < -0.39 is 11.9 Å². The summed E-state index contributed by atoms with van der Waals surface area (Å²) in [7, 11) is 4.54. The van der Waals surface area contributed by atoms with Crippen molar-refractivity contribution in [1.29, 1.82) is 0 Å². The second-order valence-electron chi connectivity index (χ2n) is 10.3. The van der Waals surface area contributed by atoms with Crippen molar-refractivity contribution in [2.45, 2.75) is 58.0 Å². The SMILES string of the molecule is COc1cc(N(C(=O)C#Cc2ccc(C)cc2)C(C(=O)NC2CCCCC2)c2ccc(C)cc2)cc(OC)c1OC. The van der Waals surface area contributed by atoms with Crippen LogP contribution in [0.2, 0.25) is 0 Å². The summed E-state index contributed by atoms with van der Waals surface area (Å²) in [5, 5.41) is 3.23. The van der Waals surface area contributed by atoms with Gasteiger partial charge in [-0.1, -0.05) is 72.7 Å². The van der Waals surface area contributed by atoms with Crippen LogP contribution in [-0.4, -0.2) is 39.2 Å². The van der Waals surface area contributed by atoms with Gasteiger partial charge in [-0.05, 0) is 44.4 Å². The third kappa shape index (κ3) is 7.20. The van der Waals surface area contributed by atoms with E-state index in [-0.39, 0.29) is 11.9 Å². The zero-order chi connectivity index (χ0) is 29.4. The molecule has 3 aromatic rings. The summed E-state index contributed by atoms with van der Waals surface area (Å²) in [4.78, 5) is 29.6. The monoisotopic (exact) mass is 554 g/mol. The molecule has 1 unspecified atom stereocenters. The molecule has 0 saturated heterocycles. The summed E-state index contributed by atoms with van der Waals surface area (Å²) in [5.41, 5.74) is 3.91. The van der Waals surface area contributed by atoms with Gasteiger partial charge in [-0.2, -0.15) is 0 Å². The summed E-state index contributed by atoms with van der Waals surface area (Å²) in [6, 6.07) is 17.7.